The lowest BCUT2D eigenvalue weighted by Crippen LogP contribution is -2.52. The maximum atomic E-state index is 13.1. The third-order valence-electron chi connectivity index (χ3n) is 4.36. The van der Waals surface area contributed by atoms with Crippen molar-refractivity contribution in [2.75, 3.05) is 31.1 Å². The van der Waals surface area contributed by atoms with Crippen LogP contribution < -0.4 is 9.64 Å². The molecule has 1 fully saturated rings. The van der Waals surface area contributed by atoms with Crippen LogP contribution in [0.1, 0.15) is 6.92 Å². The number of phenols is 1. The van der Waals surface area contributed by atoms with E-state index in [0.717, 1.165) is 11.8 Å². The van der Waals surface area contributed by atoms with E-state index in [1.54, 1.807) is 24.0 Å². The second kappa shape index (κ2) is 7.83. The lowest BCUT2D eigenvalue weighted by molar-refractivity contribution is -0.138. The second-order valence-corrected chi connectivity index (χ2v) is 6.54. The third kappa shape index (κ3) is 4.02. The maximum Gasteiger partial charge on any atom is 0.263 e. The van der Waals surface area contributed by atoms with Crippen molar-refractivity contribution in [2.45, 2.75) is 13.0 Å². The molecular weight excluding hydrogens is 359 g/mol. The number of piperazine rings is 1. The summed E-state index contributed by atoms with van der Waals surface area (Å²) in [7, 11) is 0. The highest BCUT2D eigenvalue weighted by Gasteiger charge is 2.27. The first-order chi connectivity index (χ1) is 12.5. The Labute approximate surface area is 156 Å². The summed E-state index contributed by atoms with van der Waals surface area (Å²) >= 11 is 5.95. The lowest BCUT2D eigenvalue weighted by Gasteiger charge is -2.37. The molecule has 0 saturated carbocycles. The van der Waals surface area contributed by atoms with E-state index in [1.165, 1.54) is 12.1 Å². The minimum absolute atomic E-state index is 0.133. The fraction of sp³-hybridized carbons (Fsp3) is 0.316. The summed E-state index contributed by atoms with van der Waals surface area (Å²) in [5.74, 6) is -0.0966. The minimum Gasteiger partial charge on any atom is -0.506 e. The van der Waals surface area contributed by atoms with Crippen molar-refractivity contribution < 1.29 is 19.0 Å². The number of carbonyl (C=O) groups is 1. The van der Waals surface area contributed by atoms with Crippen LogP contribution in [0.25, 0.3) is 0 Å². The number of rotatable bonds is 4. The van der Waals surface area contributed by atoms with Crippen LogP contribution in [-0.4, -0.2) is 48.2 Å². The van der Waals surface area contributed by atoms with E-state index < -0.39 is 11.9 Å². The number of hydrogen-bond acceptors (Lipinski definition) is 4. The summed E-state index contributed by atoms with van der Waals surface area (Å²) in [6, 6.07) is 11.0. The standard InChI is InChI=1S/C19H20ClFN2O3/c1-13(26-18-7-6-14(21)12-15(18)20)19(25)23-10-8-22(9-11-23)16-4-2-3-5-17(16)24/h2-7,12-13,24H,8-11H2,1H3. The zero-order valence-corrected chi connectivity index (χ0v) is 15.1. The number of carbonyl (C=O) groups excluding carboxylic acids is 1. The normalized spacial score (nSPS) is 15.7. The van der Waals surface area contributed by atoms with Crippen LogP contribution in [0.3, 0.4) is 0 Å². The fourth-order valence-corrected chi connectivity index (χ4v) is 3.18. The SMILES string of the molecule is CC(Oc1ccc(F)cc1Cl)C(=O)N1CCN(c2ccccc2O)CC1. The van der Waals surface area contributed by atoms with Gasteiger partial charge in [0.1, 0.15) is 17.3 Å². The fourth-order valence-electron chi connectivity index (χ4n) is 2.97. The number of hydrogen-bond donors (Lipinski definition) is 1. The summed E-state index contributed by atoms with van der Waals surface area (Å²) in [6.45, 7) is 3.94. The quantitative estimate of drug-likeness (QED) is 0.887. The van der Waals surface area contributed by atoms with Gasteiger partial charge < -0.3 is 19.6 Å². The Morgan fingerprint density at radius 3 is 2.54 bits per heavy atom. The molecule has 1 heterocycles. The monoisotopic (exact) mass is 378 g/mol. The number of benzene rings is 2. The van der Waals surface area contributed by atoms with Gasteiger partial charge in [-0.1, -0.05) is 23.7 Å². The van der Waals surface area contributed by atoms with E-state index in [9.17, 15) is 14.3 Å². The molecule has 0 bridgehead atoms. The molecule has 2 aromatic rings. The molecule has 0 spiro atoms. The van der Waals surface area contributed by atoms with E-state index in [0.29, 0.717) is 26.2 Å². The Balaban J connectivity index is 1.58. The van der Waals surface area contributed by atoms with Gasteiger partial charge in [-0.3, -0.25) is 4.79 Å². The van der Waals surface area contributed by atoms with Crippen LogP contribution in [0.15, 0.2) is 42.5 Å². The van der Waals surface area contributed by atoms with Gasteiger partial charge in [0.15, 0.2) is 6.10 Å². The summed E-state index contributed by atoms with van der Waals surface area (Å²) in [4.78, 5) is 16.4. The molecule has 0 aromatic heterocycles. The molecule has 3 rings (SSSR count). The van der Waals surface area contributed by atoms with Crippen molar-refractivity contribution in [3.05, 3.63) is 53.3 Å². The summed E-state index contributed by atoms with van der Waals surface area (Å²) in [5, 5.41) is 10.1. The number of aromatic hydroxyl groups is 1. The molecule has 1 saturated heterocycles. The van der Waals surface area contributed by atoms with Crippen molar-refractivity contribution >= 4 is 23.2 Å². The highest BCUT2D eigenvalue weighted by molar-refractivity contribution is 6.32. The molecule has 1 amide bonds. The number of phenolic OH excluding ortho intramolecular Hbond substituents is 1. The first kappa shape index (κ1) is 18.3. The second-order valence-electron chi connectivity index (χ2n) is 6.14. The molecular formula is C19H20ClFN2O3. The molecule has 0 aliphatic carbocycles. The molecule has 5 nitrogen and oxygen atoms in total. The molecule has 2 aromatic carbocycles. The molecule has 1 N–H and O–H groups in total. The zero-order valence-electron chi connectivity index (χ0n) is 14.4. The maximum absolute atomic E-state index is 13.1. The average molecular weight is 379 g/mol. The zero-order chi connectivity index (χ0) is 18.7. The van der Waals surface area contributed by atoms with Crippen LogP contribution in [0.2, 0.25) is 5.02 Å². The van der Waals surface area contributed by atoms with E-state index in [-0.39, 0.29) is 22.4 Å². The summed E-state index contributed by atoms with van der Waals surface area (Å²) in [6.07, 6.45) is -0.727. The molecule has 1 unspecified atom stereocenters. The highest BCUT2D eigenvalue weighted by atomic mass is 35.5. The lowest BCUT2D eigenvalue weighted by atomic mass is 10.2. The first-order valence-electron chi connectivity index (χ1n) is 8.39. The van der Waals surface area contributed by atoms with Gasteiger partial charge in [0.2, 0.25) is 0 Å². The Hall–Kier alpha value is -2.47. The minimum atomic E-state index is -0.727. The first-order valence-corrected chi connectivity index (χ1v) is 8.77. The summed E-state index contributed by atoms with van der Waals surface area (Å²) in [5.41, 5.74) is 0.766. The van der Waals surface area contributed by atoms with E-state index in [2.05, 4.69) is 0 Å². The van der Waals surface area contributed by atoms with Crippen LogP contribution in [0.5, 0.6) is 11.5 Å². The van der Waals surface area contributed by atoms with Gasteiger partial charge in [-0.05, 0) is 37.3 Å². The van der Waals surface area contributed by atoms with E-state index in [4.69, 9.17) is 16.3 Å². The number of ether oxygens (including phenoxy) is 1. The molecule has 138 valence electrons. The topological polar surface area (TPSA) is 53.0 Å². The van der Waals surface area contributed by atoms with Crippen LogP contribution in [-0.2, 0) is 4.79 Å². The average Bonchev–Trinajstić information content (AvgIpc) is 2.64. The predicted octanol–water partition coefficient (Wildman–Crippen LogP) is 3.30. The van der Waals surface area contributed by atoms with Crippen molar-refractivity contribution in [3.63, 3.8) is 0 Å². The van der Waals surface area contributed by atoms with Crippen molar-refractivity contribution in [3.8, 4) is 11.5 Å². The van der Waals surface area contributed by atoms with Crippen LogP contribution >= 0.6 is 11.6 Å². The van der Waals surface area contributed by atoms with Gasteiger partial charge in [-0.15, -0.1) is 0 Å². The molecule has 7 heteroatoms. The molecule has 0 radical (unpaired) electrons. The number of nitrogens with zero attached hydrogens (tertiary/aromatic N) is 2. The van der Waals surface area contributed by atoms with Gasteiger partial charge in [0.05, 0.1) is 10.7 Å². The third-order valence-corrected chi connectivity index (χ3v) is 4.65. The Bertz CT molecular complexity index is 794. The number of anilines is 1. The summed E-state index contributed by atoms with van der Waals surface area (Å²) < 4.78 is 18.7. The van der Waals surface area contributed by atoms with E-state index >= 15 is 0 Å². The van der Waals surface area contributed by atoms with Crippen molar-refractivity contribution in [1.29, 1.82) is 0 Å². The van der Waals surface area contributed by atoms with E-state index in [1.807, 2.05) is 17.0 Å². The largest absolute Gasteiger partial charge is 0.506 e. The van der Waals surface area contributed by atoms with Gasteiger partial charge >= 0.3 is 0 Å². The van der Waals surface area contributed by atoms with Crippen molar-refractivity contribution in [1.82, 2.24) is 4.90 Å². The smallest absolute Gasteiger partial charge is 0.263 e. The molecule has 1 aliphatic rings. The van der Waals surface area contributed by atoms with Crippen LogP contribution in [0.4, 0.5) is 10.1 Å². The molecule has 1 atom stereocenters. The predicted molar refractivity (Wildman–Crippen MR) is 98.4 cm³/mol. The van der Waals surface area contributed by atoms with Gasteiger partial charge in [0, 0.05) is 26.2 Å². The van der Waals surface area contributed by atoms with Crippen molar-refractivity contribution in [2.24, 2.45) is 0 Å². The molecule has 1 aliphatic heterocycles. The number of para-hydroxylation sites is 2. The number of halogens is 2. The Kier molecular flexibility index (Phi) is 5.52. The Morgan fingerprint density at radius 1 is 1.19 bits per heavy atom. The van der Waals surface area contributed by atoms with Crippen LogP contribution in [0, 0.1) is 5.82 Å². The highest BCUT2D eigenvalue weighted by Crippen LogP contribution is 2.28. The number of amides is 1. The molecule has 26 heavy (non-hydrogen) atoms. The van der Waals surface area contributed by atoms with Gasteiger partial charge in [-0.25, -0.2) is 4.39 Å². The Morgan fingerprint density at radius 2 is 1.88 bits per heavy atom. The van der Waals surface area contributed by atoms with Gasteiger partial charge in [0.25, 0.3) is 5.91 Å². The van der Waals surface area contributed by atoms with Gasteiger partial charge in [-0.2, -0.15) is 0 Å².